The van der Waals surface area contributed by atoms with Gasteiger partial charge in [0.2, 0.25) is 0 Å². The molecular formula is C17H12BrN5O. The number of amides is 1. The maximum Gasteiger partial charge on any atom is 0.274 e. The summed E-state index contributed by atoms with van der Waals surface area (Å²) in [6.45, 7) is 0. The molecule has 6 nitrogen and oxygen atoms in total. The second kappa shape index (κ2) is 5.93. The predicted octanol–water partition coefficient (Wildman–Crippen LogP) is 3.97. The molecule has 24 heavy (non-hydrogen) atoms. The Labute approximate surface area is 145 Å². The summed E-state index contributed by atoms with van der Waals surface area (Å²) in [5.41, 5.74) is 3.24. The Morgan fingerprint density at radius 1 is 1.08 bits per heavy atom. The third-order valence-corrected chi connectivity index (χ3v) is 4.29. The highest BCUT2D eigenvalue weighted by Gasteiger charge is 2.19. The van der Waals surface area contributed by atoms with Crippen molar-refractivity contribution >= 4 is 38.6 Å². The van der Waals surface area contributed by atoms with Gasteiger partial charge in [0.15, 0.2) is 5.82 Å². The highest BCUT2D eigenvalue weighted by atomic mass is 79.9. The summed E-state index contributed by atoms with van der Waals surface area (Å²) in [6, 6.07) is 15.1. The summed E-state index contributed by atoms with van der Waals surface area (Å²) in [5.74, 6) is 0.268. The topological polar surface area (TPSA) is 86.5 Å². The standard InChI is InChI=1S/C17H12BrN5O/c18-10-5-1-2-6-11(10)23-17(24)15-14(19-9-20-15)16-21-12-7-3-4-8-13(12)22-16/h1-9H,(H,19,20)(H,21,22)(H,23,24). The Hall–Kier alpha value is -2.93. The number of aromatic nitrogens is 4. The second-order valence-electron chi connectivity index (χ2n) is 5.16. The SMILES string of the molecule is O=C(Nc1ccccc1Br)c1[nH]cnc1-c1nc2ccccc2[nH]1. The van der Waals surface area contributed by atoms with Crippen LogP contribution in [0.2, 0.25) is 0 Å². The number of imidazole rings is 2. The van der Waals surface area contributed by atoms with Crippen LogP contribution in [0.4, 0.5) is 5.69 Å². The smallest absolute Gasteiger partial charge is 0.274 e. The number of para-hydroxylation sites is 3. The van der Waals surface area contributed by atoms with E-state index in [1.807, 2.05) is 48.5 Å². The molecule has 0 bridgehead atoms. The lowest BCUT2D eigenvalue weighted by atomic mass is 10.2. The van der Waals surface area contributed by atoms with Crippen molar-refractivity contribution in [1.82, 2.24) is 19.9 Å². The molecule has 2 heterocycles. The van der Waals surface area contributed by atoms with Gasteiger partial charge in [-0.1, -0.05) is 24.3 Å². The van der Waals surface area contributed by atoms with Gasteiger partial charge in [-0.2, -0.15) is 0 Å². The first-order valence-corrected chi connectivity index (χ1v) is 8.06. The molecule has 0 fully saturated rings. The molecule has 4 rings (SSSR count). The number of nitrogens with one attached hydrogen (secondary N) is 3. The van der Waals surface area contributed by atoms with Gasteiger partial charge < -0.3 is 15.3 Å². The van der Waals surface area contributed by atoms with E-state index in [9.17, 15) is 4.79 Å². The van der Waals surface area contributed by atoms with Gasteiger partial charge >= 0.3 is 0 Å². The van der Waals surface area contributed by atoms with Crippen molar-refractivity contribution in [2.75, 3.05) is 5.32 Å². The molecule has 0 aliphatic heterocycles. The number of H-pyrrole nitrogens is 2. The van der Waals surface area contributed by atoms with Gasteiger partial charge in [-0.15, -0.1) is 0 Å². The molecule has 0 unspecified atom stereocenters. The zero-order valence-corrected chi connectivity index (χ0v) is 14.0. The Kier molecular flexibility index (Phi) is 3.62. The number of fused-ring (bicyclic) bond motifs is 1. The average Bonchev–Trinajstić information content (AvgIpc) is 3.23. The minimum absolute atomic E-state index is 0.283. The van der Waals surface area contributed by atoms with Crippen LogP contribution in [0.1, 0.15) is 10.5 Å². The van der Waals surface area contributed by atoms with E-state index in [-0.39, 0.29) is 5.91 Å². The molecule has 0 saturated heterocycles. The van der Waals surface area contributed by atoms with Crippen LogP contribution in [0.25, 0.3) is 22.6 Å². The van der Waals surface area contributed by atoms with E-state index in [1.54, 1.807) is 0 Å². The highest BCUT2D eigenvalue weighted by Crippen LogP contribution is 2.24. The van der Waals surface area contributed by atoms with Crippen LogP contribution in [0.3, 0.4) is 0 Å². The summed E-state index contributed by atoms with van der Waals surface area (Å²) in [4.78, 5) is 27.4. The zero-order chi connectivity index (χ0) is 16.5. The molecule has 0 saturated carbocycles. The van der Waals surface area contributed by atoms with Gasteiger partial charge in [0.1, 0.15) is 11.4 Å². The van der Waals surface area contributed by atoms with E-state index in [0.717, 1.165) is 15.5 Å². The largest absolute Gasteiger partial charge is 0.340 e. The number of hydrogen-bond acceptors (Lipinski definition) is 3. The molecule has 0 aliphatic rings. The van der Waals surface area contributed by atoms with E-state index in [0.29, 0.717) is 22.9 Å². The van der Waals surface area contributed by atoms with Crippen molar-refractivity contribution in [3.63, 3.8) is 0 Å². The molecule has 7 heteroatoms. The minimum Gasteiger partial charge on any atom is -0.340 e. The maximum absolute atomic E-state index is 12.6. The number of hydrogen-bond donors (Lipinski definition) is 3. The Bertz CT molecular complexity index is 1000. The summed E-state index contributed by atoms with van der Waals surface area (Å²) >= 11 is 3.42. The second-order valence-corrected chi connectivity index (χ2v) is 6.02. The van der Waals surface area contributed by atoms with Crippen LogP contribution in [0, 0.1) is 0 Å². The van der Waals surface area contributed by atoms with Gasteiger partial charge in [-0.05, 0) is 40.2 Å². The summed E-state index contributed by atoms with van der Waals surface area (Å²) in [6.07, 6.45) is 1.48. The monoisotopic (exact) mass is 381 g/mol. The Morgan fingerprint density at radius 3 is 2.71 bits per heavy atom. The van der Waals surface area contributed by atoms with Crippen molar-refractivity contribution in [1.29, 1.82) is 0 Å². The number of rotatable bonds is 3. The van der Waals surface area contributed by atoms with E-state index in [4.69, 9.17) is 0 Å². The minimum atomic E-state index is -0.283. The third-order valence-electron chi connectivity index (χ3n) is 3.60. The number of halogens is 1. The van der Waals surface area contributed by atoms with Crippen LogP contribution < -0.4 is 5.32 Å². The van der Waals surface area contributed by atoms with Crippen LogP contribution in [-0.4, -0.2) is 25.8 Å². The fourth-order valence-corrected chi connectivity index (χ4v) is 2.84. The molecule has 118 valence electrons. The fraction of sp³-hybridized carbons (Fsp3) is 0. The Morgan fingerprint density at radius 2 is 1.88 bits per heavy atom. The first-order valence-electron chi connectivity index (χ1n) is 7.27. The lowest BCUT2D eigenvalue weighted by Gasteiger charge is -2.06. The molecule has 2 aromatic carbocycles. The molecule has 0 radical (unpaired) electrons. The van der Waals surface area contributed by atoms with Crippen LogP contribution in [0.5, 0.6) is 0 Å². The van der Waals surface area contributed by atoms with E-state index < -0.39 is 0 Å². The van der Waals surface area contributed by atoms with Crippen molar-refractivity contribution in [3.8, 4) is 11.5 Å². The molecule has 2 aromatic heterocycles. The average molecular weight is 382 g/mol. The highest BCUT2D eigenvalue weighted by molar-refractivity contribution is 9.10. The van der Waals surface area contributed by atoms with Crippen molar-refractivity contribution in [2.45, 2.75) is 0 Å². The Balaban J connectivity index is 1.69. The lowest BCUT2D eigenvalue weighted by molar-refractivity contribution is 0.102. The summed E-state index contributed by atoms with van der Waals surface area (Å²) < 4.78 is 0.808. The van der Waals surface area contributed by atoms with Crippen LogP contribution in [-0.2, 0) is 0 Å². The number of anilines is 1. The lowest BCUT2D eigenvalue weighted by Crippen LogP contribution is -2.14. The summed E-state index contributed by atoms with van der Waals surface area (Å²) in [5, 5.41) is 2.86. The van der Waals surface area contributed by atoms with Crippen LogP contribution in [0.15, 0.2) is 59.3 Å². The number of nitrogens with zero attached hydrogens (tertiary/aromatic N) is 2. The predicted molar refractivity (Wildman–Crippen MR) is 95.8 cm³/mol. The molecular weight excluding hydrogens is 370 g/mol. The van der Waals surface area contributed by atoms with Crippen molar-refractivity contribution < 1.29 is 4.79 Å². The number of benzene rings is 2. The fourth-order valence-electron chi connectivity index (χ4n) is 2.46. The van der Waals surface area contributed by atoms with Gasteiger partial charge in [-0.3, -0.25) is 4.79 Å². The third kappa shape index (κ3) is 2.59. The van der Waals surface area contributed by atoms with E-state index >= 15 is 0 Å². The first kappa shape index (κ1) is 14.6. The van der Waals surface area contributed by atoms with Gasteiger partial charge in [0.05, 0.1) is 23.0 Å². The van der Waals surface area contributed by atoms with Gasteiger partial charge in [0, 0.05) is 4.47 Å². The molecule has 1 amide bonds. The molecule has 0 spiro atoms. The van der Waals surface area contributed by atoms with E-state index in [1.165, 1.54) is 6.33 Å². The van der Waals surface area contributed by atoms with Gasteiger partial charge in [0.25, 0.3) is 5.91 Å². The first-order chi connectivity index (χ1) is 11.7. The summed E-state index contributed by atoms with van der Waals surface area (Å²) in [7, 11) is 0. The normalized spacial score (nSPS) is 10.9. The maximum atomic E-state index is 12.6. The molecule has 3 N–H and O–H groups in total. The van der Waals surface area contributed by atoms with Gasteiger partial charge in [-0.25, -0.2) is 9.97 Å². The number of carbonyl (C=O) groups excluding carboxylic acids is 1. The zero-order valence-electron chi connectivity index (χ0n) is 12.4. The molecule has 0 atom stereocenters. The molecule has 4 aromatic rings. The quantitative estimate of drug-likeness (QED) is 0.501. The number of aromatic amines is 2. The van der Waals surface area contributed by atoms with E-state index in [2.05, 4.69) is 41.2 Å². The van der Waals surface area contributed by atoms with Crippen LogP contribution >= 0.6 is 15.9 Å². The van der Waals surface area contributed by atoms with Crippen molar-refractivity contribution in [3.05, 3.63) is 65.0 Å². The molecule has 0 aliphatic carbocycles. The van der Waals surface area contributed by atoms with Crippen molar-refractivity contribution in [2.24, 2.45) is 0 Å². The number of carbonyl (C=O) groups is 1.